The van der Waals surface area contributed by atoms with Crippen molar-refractivity contribution in [1.29, 1.82) is 0 Å². The van der Waals surface area contributed by atoms with Gasteiger partial charge >= 0.3 is 0 Å². The van der Waals surface area contributed by atoms with Gasteiger partial charge in [-0.15, -0.1) is 0 Å². The fourth-order valence-corrected chi connectivity index (χ4v) is 5.13. The SMILES string of the molecule is CS(=O)(=O)C1CCCN(S(=O)(=O)C2CC2)C1. The van der Waals surface area contributed by atoms with Crippen LogP contribution in [0, 0.1) is 0 Å². The molecule has 1 aliphatic carbocycles. The zero-order chi connectivity index (χ0) is 12.0. The lowest BCUT2D eigenvalue weighted by atomic mass is 10.2. The molecule has 1 unspecified atom stereocenters. The molecule has 0 aromatic heterocycles. The molecule has 0 amide bonds. The highest BCUT2D eigenvalue weighted by atomic mass is 32.2. The van der Waals surface area contributed by atoms with E-state index in [0.717, 1.165) is 12.8 Å². The molecule has 0 aromatic rings. The van der Waals surface area contributed by atoms with Crippen molar-refractivity contribution in [2.24, 2.45) is 0 Å². The number of nitrogens with zero attached hydrogens (tertiary/aromatic N) is 1. The summed E-state index contributed by atoms with van der Waals surface area (Å²) in [5, 5.41) is -0.763. The minimum atomic E-state index is -3.21. The van der Waals surface area contributed by atoms with Gasteiger partial charge in [-0.05, 0) is 25.7 Å². The molecule has 1 heterocycles. The summed E-state index contributed by atoms with van der Waals surface area (Å²) in [6, 6.07) is 0. The van der Waals surface area contributed by atoms with Crippen molar-refractivity contribution in [1.82, 2.24) is 4.31 Å². The minimum absolute atomic E-state index is 0.150. The predicted molar refractivity (Wildman–Crippen MR) is 61.4 cm³/mol. The van der Waals surface area contributed by atoms with Crippen LogP contribution in [0.15, 0.2) is 0 Å². The molecule has 1 aliphatic heterocycles. The van der Waals surface area contributed by atoms with Gasteiger partial charge in [-0.25, -0.2) is 21.1 Å². The maximum absolute atomic E-state index is 12.0. The summed E-state index contributed by atoms with van der Waals surface area (Å²) >= 11 is 0. The average Bonchev–Trinajstić information content (AvgIpc) is 3.00. The topological polar surface area (TPSA) is 71.5 Å². The van der Waals surface area contributed by atoms with Crippen molar-refractivity contribution in [2.75, 3.05) is 19.3 Å². The minimum Gasteiger partial charge on any atom is -0.229 e. The van der Waals surface area contributed by atoms with Crippen LogP contribution in [-0.4, -0.2) is 51.0 Å². The van der Waals surface area contributed by atoms with Gasteiger partial charge in [0.2, 0.25) is 10.0 Å². The zero-order valence-corrected chi connectivity index (χ0v) is 10.9. The van der Waals surface area contributed by atoms with Crippen molar-refractivity contribution in [3.05, 3.63) is 0 Å². The maximum Gasteiger partial charge on any atom is 0.217 e. The van der Waals surface area contributed by atoms with Gasteiger partial charge in [-0.2, -0.15) is 0 Å². The van der Waals surface area contributed by atoms with E-state index in [0.29, 0.717) is 19.4 Å². The Hall–Kier alpha value is -0.140. The first kappa shape index (κ1) is 12.3. The second-order valence-electron chi connectivity index (χ2n) is 4.70. The van der Waals surface area contributed by atoms with Gasteiger partial charge in [0.25, 0.3) is 0 Å². The molecule has 2 fully saturated rings. The summed E-state index contributed by atoms with van der Waals surface area (Å²) in [6.45, 7) is 0.628. The van der Waals surface area contributed by atoms with Crippen molar-refractivity contribution < 1.29 is 16.8 Å². The molecule has 2 rings (SSSR count). The lowest BCUT2D eigenvalue weighted by Crippen LogP contribution is -2.46. The third-order valence-corrected chi connectivity index (χ3v) is 7.21. The molecule has 1 saturated carbocycles. The van der Waals surface area contributed by atoms with Crippen LogP contribution in [0.2, 0.25) is 0 Å². The highest BCUT2D eigenvalue weighted by Crippen LogP contribution is 2.32. The Morgan fingerprint density at radius 1 is 1.00 bits per heavy atom. The Bertz CT molecular complexity index is 464. The van der Waals surface area contributed by atoms with Gasteiger partial charge in [-0.1, -0.05) is 0 Å². The summed E-state index contributed by atoms with van der Waals surface area (Å²) in [4.78, 5) is 0. The number of hydrogen-bond acceptors (Lipinski definition) is 4. The molecular formula is C9H17NO4S2. The Morgan fingerprint density at radius 3 is 2.12 bits per heavy atom. The van der Waals surface area contributed by atoms with Gasteiger partial charge < -0.3 is 0 Å². The molecule has 5 nitrogen and oxygen atoms in total. The van der Waals surface area contributed by atoms with Crippen LogP contribution >= 0.6 is 0 Å². The predicted octanol–water partition coefficient (Wildman–Crippen LogP) is -0.0124. The fourth-order valence-electron chi connectivity index (χ4n) is 2.06. The summed E-state index contributed by atoms with van der Waals surface area (Å²) in [6.07, 6.45) is 3.86. The molecule has 7 heteroatoms. The van der Waals surface area contributed by atoms with E-state index >= 15 is 0 Å². The molecule has 0 N–H and O–H groups in total. The van der Waals surface area contributed by atoms with Gasteiger partial charge in [-0.3, -0.25) is 0 Å². The van der Waals surface area contributed by atoms with E-state index in [1.807, 2.05) is 0 Å². The quantitative estimate of drug-likeness (QED) is 0.721. The molecule has 1 atom stereocenters. The normalized spacial score (nSPS) is 29.2. The summed E-state index contributed by atoms with van der Waals surface area (Å²) < 4.78 is 48.1. The van der Waals surface area contributed by atoms with Crippen molar-refractivity contribution in [3.63, 3.8) is 0 Å². The number of rotatable bonds is 3. The Labute approximate surface area is 96.8 Å². The standard InChI is InChI=1S/C9H17NO4S2/c1-15(11,12)9-3-2-6-10(7-9)16(13,14)8-4-5-8/h8-9H,2-7H2,1H3. The molecule has 16 heavy (non-hydrogen) atoms. The van der Waals surface area contributed by atoms with E-state index in [2.05, 4.69) is 0 Å². The van der Waals surface area contributed by atoms with E-state index < -0.39 is 25.1 Å². The number of piperidine rings is 1. The highest BCUT2D eigenvalue weighted by molar-refractivity contribution is 7.91. The number of hydrogen-bond donors (Lipinski definition) is 0. The van der Waals surface area contributed by atoms with Gasteiger partial charge in [0.05, 0.1) is 10.5 Å². The maximum atomic E-state index is 12.0. The molecular weight excluding hydrogens is 250 g/mol. The number of sulfone groups is 1. The van der Waals surface area contributed by atoms with E-state index in [1.54, 1.807) is 0 Å². The Kier molecular flexibility index (Phi) is 3.05. The molecule has 0 aromatic carbocycles. The van der Waals surface area contributed by atoms with Crippen LogP contribution in [0.4, 0.5) is 0 Å². The van der Waals surface area contributed by atoms with Crippen LogP contribution in [-0.2, 0) is 19.9 Å². The largest absolute Gasteiger partial charge is 0.229 e. The van der Waals surface area contributed by atoms with E-state index in [9.17, 15) is 16.8 Å². The molecule has 0 spiro atoms. The monoisotopic (exact) mass is 267 g/mol. The van der Waals surface area contributed by atoms with Crippen molar-refractivity contribution >= 4 is 19.9 Å². The van der Waals surface area contributed by atoms with Crippen LogP contribution in [0.5, 0.6) is 0 Å². The van der Waals surface area contributed by atoms with Crippen molar-refractivity contribution in [2.45, 2.75) is 36.2 Å². The summed E-state index contributed by atoms with van der Waals surface area (Å²) in [5.41, 5.74) is 0. The number of sulfonamides is 1. The van der Waals surface area contributed by atoms with Crippen molar-refractivity contribution in [3.8, 4) is 0 Å². The third-order valence-electron chi connectivity index (χ3n) is 3.25. The Morgan fingerprint density at radius 2 is 1.62 bits per heavy atom. The third kappa shape index (κ3) is 2.41. The first-order valence-electron chi connectivity index (χ1n) is 5.49. The first-order valence-corrected chi connectivity index (χ1v) is 8.95. The lowest BCUT2D eigenvalue weighted by Gasteiger charge is -2.30. The van der Waals surface area contributed by atoms with Gasteiger partial charge in [0.15, 0.2) is 9.84 Å². The van der Waals surface area contributed by atoms with Gasteiger partial charge in [0.1, 0.15) is 0 Å². The van der Waals surface area contributed by atoms with E-state index in [1.165, 1.54) is 10.6 Å². The zero-order valence-electron chi connectivity index (χ0n) is 9.29. The lowest BCUT2D eigenvalue weighted by molar-refractivity contribution is 0.346. The van der Waals surface area contributed by atoms with E-state index in [4.69, 9.17) is 0 Å². The van der Waals surface area contributed by atoms with Crippen LogP contribution in [0.25, 0.3) is 0 Å². The first-order chi connectivity index (χ1) is 7.32. The van der Waals surface area contributed by atoms with E-state index in [-0.39, 0.29) is 11.8 Å². The van der Waals surface area contributed by atoms with Crippen LogP contribution < -0.4 is 0 Å². The molecule has 94 valence electrons. The summed E-state index contributed by atoms with van der Waals surface area (Å²) in [5.74, 6) is 0. The summed E-state index contributed by atoms with van der Waals surface area (Å²) in [7, 11) is -6.34. The Balaban J connectivity index is 2.13. The van der Waals surface area contributed by atoms with Crippen LogP contribution in [0.1, 0.15) is 25.7 Å². The van der Waals surface area contributed by atoms with Crippen LogP contribution in [0.3, 0.4) is 0 Å². The fraction of sp³-hybridized carbons (Fsp3) is 1.00. The van der Waals surface area contributed by atoms with Gasteiger partial charge in [0, 0.05) is 19.3 Å². The highest BCUT2D eigenvalue weighted by Gasteiger charge is 2.42. The second kappa shape index (κ2) is 3.96. The smallest absolute Gasteiger partial charge is 0.217 e. The molecule has 2 aliphatic rings. The molecule has 0 radical (unpaired) electrons. The molecule has 0 bridgehead atoms. The second-order valence-corrected chi connectivity index (χ2v) is 9.23. The molecule has 1 saturated heterocycles. The average molecular weight is 267 g/mol.